The molecule has 1 aliphatic heterocycles. The number of nitrogens with zero attached hydrogens (tertiary/aromatic N) is 5. The van der Waals surface area contributed by atoms with E-state index in [1.807, 2.05) is 32.0 Å². The van der Waals surface area contributed by atoms with Gasteiger partial charge in [-0.1, -0.05) is 32.1 Å². The van der Waals surface area contributed by atoms with E-state index in [4.69, 9.17) is 0 Å². The number of aromatic nitrogens is 4. The number of pyridine rings is 1. The van der Waals surface area contributed by atoms with Crippen molar-refractivity contribution in [1.82, 2.24) is 24.9 Å². The van der Waals surface area contributed by atoms with Crippen LogP contribution in [-0.2, 0) is 9.59 Å². The van der Waals surface area contributed by atoms with Gasteiger partial charge in [0.2, 0.25) is 5.91 Å². The fourth-order valence-electron chi connectivity index (χ4n) is 3.52. The van der Waals surface area contributed by atoms with Crippen LogP contribution in [0.25, 0.3) is 11.4 Å². The Balaban J connectivity index is 1.88. The molecule has 3 unspecified atom stereocenters. The molecule has 0 radical (unpaired) electrons. The Morgan fingerprint density at radius 2 is 2.07 bits per heavy atom. The summed E-state index contributed by atoms with van der Waals surface area (Å²) in [5.74, 6) is -0.313. The molecule has 1 aliphatic rings. The van der Waals surface area contributed by atoms with Crippen LogP contribution in [0.2, 0.25) is 0 Å². The molecule has 2 aromatic rings. The van der Waals surface area contributed by atoms with Gasteiger partial charge >= 0.3 is 0 Å². The van der Waals surface area contributed by atoms with Crippen molar-refractivity contribution in [1.29, 1.82) is 0 Å². The van der Waals surface area contributed by atoms with Crippen LogP contribution >= 0.6 is 0 Å². The van der Waals surface area contributed by atoms with Crippen LogP contribution in [0.4, 0.5) is 0 Å². The second-order valence-corrected chi connectivity index (χ2v) is 7.20. The molecule has 3 atom stereocenters. The Morgan fingerprint density at radius 1 is 1.30 bits per heavy atom. The second kappa shape index (κ2) is 7.96. The molecule has 1 amide bonds. The van der Waals surface area contributed by atoms with Crippen molar-refractivity contribution in [3.8, 4) is 11.4 Å². The summed E-state index contributed by atoms with van der Waals surface area (Å²) in [6.45, 7) is 5.79. The molecule has 3 heterocycles. The predicted octanol–water partition coefficient (Wildman–Crippen LogP) is 1.48. The van der Waals surface area contributed by atoms with Gasteiger partial charge in [-0.05, 0) is 18.1 Å². The lowest BCUT2D eigenvalue weighted by Gasteiger charge is -2.29. The maximum absolute atomic E-state index is 13.3. The third kappa shape index (κ3) is 3.90. The first kappa shape index (κ1) is 19.2. The van der Waals surface area contributed by atoms with Crippen LogP contribution in [0.5, 0.6) is 0 Å². The molecule has 2 aromatic heterocycles. The van der Waals surface area contributed by atoms with Crippen LogP contribution in [0.15, 0.2) is 30.6 Å². The van der Waals surface area contributed by atoms with E-state index in [9.17, 15) is 14.7 Å². The van der Waals surface area contributed by atoms with Crippen molar-refractivity contribution in [2.45, 2.75) is 51.8 Å². The molecule has 0 aromatic carbocycles. The van der Waals surface area contributed by atoms with Gasteiger partial charge in [-0.3, -0.25) is 14.6 Å². The Morgan fingerprint density at radius 3 is 2.70 bits per heavy atom. The second-order valence-electron chi connectivity index (χ2n) is 7.20. The molecule has 1 fully saturated rings. The third-order valence-electron chi connectivity index (χ3n) is 4.89. The van der Waals surface area contributed by atoms with Crippen LogP contribution < -0.4 is 0 Å². The van der Waals surface area contributed by atoms with Gasteiger partial charge in [-0.15, -0.1) is 5.10 Å². The number of carbonyl (C=O) groups excluding carboxylic acids is 2. The molecule has 8 nitrogen and oxygen atoms in total. The SMILES string of the molecule is CCC(=O)C1CC(O)CN1C(=O)C(C(C)C)n1cc(-c2ccccn2)nn1. The van der Waals surface area contributed by atoms with Crippen molar-refractivity contribution >= 4 is 11.7 Å². The fourth-order valence-corrected chi connectivity index (χ4v) is 3.52. The van der Waals surface area contributed by atoms with Crippen molar-refractivity contribution in [2.24, 2.45) is 5.92 Å². The topological polar surface area (TPSA) is 101 Å². The van der Waals surface area contributed by atoms with Crippen molar-refractivity contribution in [3.05, 3.63) is 30.6 Å². The first-order valence-corrected chi connectivity index (χ1v) is 9.26. The Hall–Kier alpha value is -2.61. The highest BCUT2D eigenvalue weighted by Crippen LogP contribution is 2.28. The monoisotopic (exact) mass is 371 g/mol. The summed E-state index contributed by atoms with van der Waals surface area (Å²) in [6, 6.07) is 4.33. The maximum atomic E-state index is 13.3. The van der Waals surface area contributed by atoms with Crippen LogP contribution in [0.1, 0.15) is 39.7 Å². The number of rotatable bonds is 6. The lowest BCUT2D eigenvalue weighted by molar-refractivity contribution is -0.141. The molecule has 0 spiro atoms. The van der Waals surface area contributed by atoms with Gasteiger partial charge in [0.05, 0.1) is 24.0 Å². The zero-order chi connectivity index (χ0) is 19.6. The van der Waals surface area contributed by atoms with Crippen LogP contribution in [0, 0.1) is 5.92 Å². The number of Topliss-reactive ketones (excluding diaryl/α,β-unsaturated/α-hetero) is 1. The summed E-state index contributed by atoms with van der Waals surface area (Å²) < 4.78 is 1.54. The number of aliphatic hydroxyl groups is 1. The molecular weight excluding hydrogens is 346 g/mol. The molecule has 1 saturated heterocycles. The van der Waals surface area contributed by atoms with Crippen molar-refractivity contribution < 1.29 is 14.7 Å². The first-order chi connectivity index (χ1) is 12.9. The molecule has 144 valence electrons. The lowest BCUT2D eigenvalue weighted by atomic mass is 10.0. The Bertz CT molecular complexity index is 805. The number of hydrogen-bond donors (Lipinski definition) is 1. The smallest absolute Gasteiger partial charge is 0.248 e. The average molecular weight is 371 g/mol. The highest BCUT2D eigenvalue weighted by atomic mass is 16.3. The zero-order valence-corrected chi connectivity index (χ0v) is 15.8. The molecular formula is C19H25N5O3. The highest BCUT2D eigenvalue weighted by molar-refractivity contribution is 5.91. The van der Waals surface area contributed by atoms with Crippen LogP contribution in [0.3, 0.4) is 0 Å². The van der Waals surface area contributed by atoms with E-state index in [-0.39, 0.29) is 24.2 Å². The van der Waals surface area contributed by atoms with Gasteiger partial charge in [-0.25, -0.2) is 4.68 Å². The van der Waals surface area contributed by atoms with E-state index in [1.54, 1.807) is 19.3 Å². The molecule has 27 heavy (non-hydrogen) atoms. The van der Waals surface area contributed by atoms with E-state index in [1.165, 1.54) is 9.58 Å². The van der Waals surface area contributed by atoms with E-state index in [0.29, 0.717) is 24.2 Å². The summed E-state index contributed by atoms with van der Waals surface area (Å²) in [4.78, 5) is 31.3. The number of carbonyl (C=O) groups is 2. The summed E-state index contributed by atoms with van der Waals surface area (Å²) in [6.07, 6.45) is 3.32. The van der Waals surface area contributed by atoms with Gasteiger partial charge < -0.3 is 10.0 Å². The van der Waals surface area contributed by atoms with Gasteiger partial charge in [0.25, 0.3) is 0 Å². The minimum absolute atomic E-state index is 0.0322. The summed E-state index contributed by atoms with van der Waals surface area (Å²) in [5, 5.41) is 18.3. The lowest BCUT2D eigenvalue weighted by Crippen LogP contribution is -2.45. The summed E-state index contributed by atoms with van der Waals surface area (Å²) >= 11 is 0. The number of ketones is 1. The number of aliphatic hydroxyl groups excluding tert-OH is 1. The van der Waals surface area contributed by atoms with E-state index in [0.717, 1.165) is 0 Å². The first-order valence-electron chi connectivity index (χ1n) is 9.26. The largest absolute Gasteiger partial charge is 0.391 e. The molecule has 0 saturated carbocycles. The number of hydrogen-bond acceptors (Lipinski definition) is 6. The fraction of sp³-hybridized carbons (Fsp3) is 0.526. The van der Waals surface area contributed by atoms with E-state index < -0.39 is 18.2 Å². The van der Waals surface area contributed by atoms with Gasteiger partial charge in [0.15, 0.2) is 5.78 Å². The zero-order valence-electron chi connectivity index (χ0n) is 15.8. The quantitative estimate of drug-likeness (QED) is 0.825. The van der Waals surface area contributed by atoms with Gasteiger partial charge in [-0.2, -0.15) is 0 Å². The molecule has 3 rings (SSSR count). The minimum Gasteiger partial charge on any atom is -0.391 e. The Kier molecular flexibility index (Phi) is 5.65. The third-order valence-corrected chi connectivity index (χ3v) is 4.89. The number of likely N-dealkylation sites (tertiary alicyclic amines) is 1. The number of β-amino-alcohol motifs (C(OH)–C–C–N with tert-alkyl or cyclic N) is 1. The minimum atomic E-state index is -0.679. The van der Waals surface area contributed by atoms with Gasteiger partial charge in [0.1, 0.15) is 11.7 Å². The van der Waals surface area contributed by atoms with Crippen molar-refractivity contribution in [2.75, 3.05) is 6.54 Å². The normalized spacial score (nSPS) is 20.9. The molecule has 0 aliphatic carbocycles. The molecule has 8 heteroatoms. The van der Waals surface area contributed by atoms with Crippen molar-refractivity contribution in [3.63, 3.8) is 0 Å². The highest BCUT2D eigenvalue weighted by Gasteiger charge is 2.41. The van der Waals surface area contributed by atoms with Crippen LogP contribution in [-0.4, -0.2) is 60.4 Å². The van der Waals surface area contributed by atoms with Gasteiger partial charge in [0, 0.05) is 25.6 Å². The predicted molar refractivity (Wildman–Crippen MR) is 98.6 cm³/mol. The van der Waals surface area contributed by atoms with E-state index in [2.05, 4.69) is 15.3 Å². The standard InChI is InChI=1S/C19H25N5O3/c1-4-17(26)16-9-13(25)10-23(16)19(27)18(12(2)3)24-11-15(21-22-24)14-7-5-6-8-20-14/h5-8,11-13,16,18,25H,4,9-10H2,1-3H3. The summed E-state index contributed by atoms with van der Waals surface area (Å²) in [5.41, 5.74) is 1.26. The maximum Gasteiger partial charge on any atom is 0.248 e. The molecule has 0 bridgehead atoms. The Labute approximate surface area is 158 Å². The summed E-state index contributed by atoms with van der Waals surface area (Å²) in [7, 11) is 0. The van der Waals surface area contributed by atoms with E-state index >= 15 is 0 Å². The average Bonchev–Trinajstić information content (AvgIpc) is 3.28. The number of amides is 1. The molecule has 1 N–H and O–H groups in total.